The number of hydrogen-bond donors (Lipinski definition) is 1. The van der Waals surface area contributed by atoms with Crippen LogP contribution in [0.1, 0.15) is 26.2 Å². The summed E-state index contributed by atoms with van der Waals surface area (Å²) in [5.74, 6) is 0. The van der Waals surface area contributed by atoms with Crippen molar-refractivity contribution in [2.75, 3.05) is 13.2 Å². The maximum atomic E-state index is 5.59. The fourth-order valence-electron chi connectivity index (χ4n) is 1.61. The molecule has 0 spiro atoms. The summed E-state index contributed by atoms with van der Waals surface area (Å²) < 4.78 is 6.61. The van der Waals surface area contributed by atoms with Crippen LogP contribution in [0.2, 0.25) is 0 Å². The summed E-state index contributed by atoms with van der Waals surface area (Å²) >= 11 is 3.35. The summed E-state index contributed by atoms with van der Waals surface area (Å²) in [7, 11) is 0. The first-order valence-corrected chi connectivity index (χ1v) is 5.70. The number of ether oxygens (including phenoxy) is 1. The van der Waals surface area contributed by atoms with Crippen LogP contribution < -0.4 is 5.32 Å². The van der Waals surface area contributed by atoms with Gasteiger partial charge in [-0.25, -0.2) is 0 Å². The summed E-state index contributed by atoms with van der Waals surface area (Å²) in [5.41, 5.74) is 0. The van der Waals surface area contributed by atoms with E-state index in [0.29, 0.717) is 12.1 Å². The third-order valence-electron chi connectivity index (χ3n) is 2.41. The van der Waals surface area contributed by atoms with E-state index < -0.39 is 0 Å². The molecule has 2 atom stereocenters. The van der Waals surface area contributed by atoms with Crippen LogP contribution in [-0.4, -0.2) is 25.3 Å². The van der Waals surface area contributed by atoms with Gasteiger partial charge in [0.2, 0.25) is 0 Å². The topological polar surface area (TPSA) is 21.3 Å². The van der Waals surface area contributed by atoms with E-state index in [2.05, 4.69) is 34.7 Å². The highest BCUT2D eigenvalue weighted by atomic mass is 79.9. The van der Waals surface area contributed by atoms with Gasteiger partial charge in [-0.2, -0.15) is 0 Å². The minimum atomic E-state index is 0.454. The molecule has 1 N–H and O–H groups in total. The lowest BCUT2D eigenvalue weighted by Gasteiger charge is -2.29. The molecule has 1 heterocycles. The van der Waals surface area contributed by atoms with Gasteiger partial charge in [0.1, 0.15) is 0 Å². The largest absolute Gasteiger partial charge is 0.378 e. The van der Waals surface area contributed by atoms with Crippen LogP contribution in [-0.2, 0) is 4.74 Å². The Morgan fingerprint density at radius 1 is 1.69 bits per heavy atom. The average molecular weight is 248 g/mol. The molecule has 0 aromatic rings. The molecule has 13 heavy (non-hydrogen) atoms. The molecule has 2 unspecified atom stereocenters. The second kappa shape index (κ2) is 5.78. The molecule has 0 radical (unpaired) electrons. The summed E-state index contributed by atoms with van der Waals surface area (Å²) in [6, 6.07) is 0.605. The van der Waals surface area contributed by atoms with Crippen molar-refractivity contribution in [1.82, 2.24) is 5.32 Å². The van der Waals surface area contributed by atoms with Crippen molar-refractivity contribution in [3.05, 3.63) is 11.1 Å². The van der Waals surface area contributed by atoms with Crippen LogP contribution in [0.25, 0.3) is 0 Å². The first kappa shape index (κ1) is 11.2. The van der Waals surface area contributed by atoms with E-state index >= 15 is 0 Å². The summed E-state index contributed by atoms with van der Waals surface area (Å²) in [6.45, 7) is 7.73. The number of hydrogen-bond acceptors (Lipinski definition) is 2. The zero-order chi connectivity index (χ0) is 9.68. The van der Waals surface area contributed by atoms with Crippen LogP contribution in [0, 0.1) is 0 Å². The van der Waals surface area contributed by atoms with E-state index in [1.54, 1.807) is 0 Å². The Balaban J connectivity index is 2.21. The van der Waals surface area contributed by atoms with E-state index in [4.69, 9.17) is 4.74 Å². The smallest absolute Gasteiger partial charge is 0.0587 e. The molecule has 0 amide bonds. The molecule has 76 valence electrons. The SMILES string of the molecule is C=C(Br)CNC1CCOC(CC)C1. The van der Waals surface area contributed by atoms with Gasteiger partial charge in [-0.15, -0.1) is 0 Å². The minimum Gasteiger partial charge on any atom is -0.378 e. The number of rotatable bonds is 4. The maximum absolute atomic E-state index is 5.59. The lowest BCUT2D eigenvalue weighted by Crippen LogP contribution is -2.39. The summed E-state index contributed by atoms with van der Waals surface area (Å²) in [6.07, 6.45) is 3.83. The highest BCUT2D eigenvalue weighted by Gasteiger charge is 2.20. The molecule has 0 aromatic carbocycles. The molecule has 1 aliphatic heterocycles. The third-order valence-corrected chi connectivity index (χ3v) is 2.69. The predicted molar refractivity (Wildman–Crippen MR) is 59.1 cm³/mol. The van der Waals surface area contributed by atoms with Crippen molar-refractivity contribution in [2.24, 2.45) is 0 Å². The fraction of sp³-hybridized carbons (Fsp3) is 0.800. The average Bonchev–Trinajstić information content (AvgIpc) is 2.15. The second-order valence-corrected chi connectivity index (χ2v) is 4.64. The van der Waals surface area contributed by atoms with E-state index in [0.717, 1.165) is 36.9 Å². The molecule has 3 heteroatoms. The molecule has 0 saturated carbocycles. The van der Waals surface area contributed by atoms with E-state index in [9.17, 15) is 0 Å². The normalized spacial score (nSPS) is 28.8. The van der Waals surface area contributed by atoms with Gasteiger partial charge in [0.15, 0.2) is 0 Å². The Labute approximate surface area is 88.9 Å². The molecular formula is C10H18BrNO. The molecule has 1 rings (SSSR count). The van der Waals surface area contributed by atoms with Gasteiger partial charge in [-0.1, -0.05) is 29.4 Å². The zero-order valence-corrected chi connectivity index (χ0v) is 9.77. The number of halogens is 1. The second-order valence-electron chi connectivity index (χ2n) is 3.52. The first-order valence-electron chi connectivity index (χ1n) is 4.90. The summed E-state index contributed by atoms with van der Waals surface area (Å²) in [4.78, 5) is 0. The lowest BCUT2D eigenvalue weighted by atomic mass is 10.0. The molecule has 0 bridgehead atoms. The third kappa shape index (κ3) is 4.25. The van der Waals surface area contributed by atoms with Gasteiger partial charge in [0, 0.05) is 23.7 Å². The maximum Gasteiger partial charge on any atom is 0.0587 e. The Hall–Kier alpha value is 0.140. The molecule has 0 aromatic heterocycles. The van der Waals surface area contributed by atoms with Crippen molar-refractivity contribution in [3.8, 4) is 0 Å². The zero-order valence-electron chi connectivity index (χ0n) is 8.18. The van der Waals surface area contributed by atoms with Crippen molar-refractivity contribution in [3.63, 3.8) is 0 Å². The first-order chi connectivity index (χ1) is 6.22. The van der Waals surface area contributed by atoms with Crippen LogP contribution in [0.3, 0.4) is 0 Å². The number of nitrogens with one attached hydrogen (secondary N) is 1. The van der Waals surface area contributed by atoms with Crippen LogP contribution in [0.4, 0.5) is 0 Å². The van der Waals surface area contributed by atoms with Crippen molar-refractivity contribution < 1.29 is 4.74 Å². The van der Waals surface area contributed by atoms with E-state index in [1.807, 2.05) is 0 Å². The Bertz CT molecular complexity index is 172. The Morgan fingerprint density at radius 2 is 2.46 bits per heavy atom. The molecule has 0 aliphatic carbocycles. The minimum absolute atomic E-state index is 0.454. The van der Waals surface area contributed by atoms with Crippen LogP contribution >= 0.6 is 15.9 Å². The van der Waals surface area contributed by atoms with Gasteiger partial charge >= 0.3 is 0 Å². The van der Waals surface area contributed by atoms with Crippen LogP contribution in [0.15, 0.2) is 11.1 Å². The Morgan fingerprint density at radius 3 is 3.08 bits per heavy atom. The van der Waals surface area contributed by atoms with E-state index in [1.165, 1.54) is 0 Å². The molecular weight excluding hydrogens is 230 g/mol. The van der Waals surface area contributed by atoms with Gasteiger partial charge in [0.25, 0.3) is 0 Å². The summed E-state index contributed by atoms with van der Waals surface area (Å²) in [5, 5.41) is 3.46. The quantitative estimate of drug-likeness (QED) is 0.825. The standard InChI is InChI=1S/C10H18BrNO/c1-3-10-6-9(4-5-13-10)12-7-8(2)11/h9-10,12H,2-7H2,1H3. The Kier molecular flexibility index (Phi) is 4.99. The molecule has 2 nitrogen and oxygen atoms in total. The van der Waals surface area contributed by atoms with Gasteiger partial charge in [0.05, 0.1) is 6.10 Å². The fourth-order valence-corrected chi connectivity index (χ4v) is 1.77. The van der Waals surface area contributed by atoms with Crippen molar-refractivity contribution >= 4 is 15.9 Å². The monoisotopic (exact) mass is 247 g/mol. The molecule has 1 aliphatic rings. The highest BCUT2D eigenvalue weighted by molar-refractivity contribution is 9.11. The van der Waals surface area contributed by atoms with Gasteiger partial charge < -0.3 is 10.1 Å². The molecule has 1 fully saturated rings. The van der Waals surface area contributed by atoms with E-state index in [-0.39, 0.29) is 0 Å². The van der Waals surface area contributed by atoms with Gasteiger partial charge in [-0.05, 0) is 19.3 Å². The highest BCUT2D eigenvalue weighted by Crippen LogP contribution is 2.16. The van der Waals surface area contributed by atoms with Crippen molar-refractivity contribution in [1.29, 1.82) is 0 Å². The van der Waals surface area contributed by atoms with Crippen LogP contribution in [0.5, 0.6) is 0 Å². The van der Waals surface area contributed by atoms with Crippen molar-refractivity contribution in [2.45, 2.75) is 38.3 Å². The van der Waals surface area contributed by atoms with Gasteiger partial charge in [-0.3, -0.25) is 0 Å². The molecule has 1 saturated heterocycles. The lowest BCUT2D eigenvalue weighted by molar-refractivity contribution is 0.000550. The predicted octanol–water partition coefficient (Wildman–Crippen LogP) is 2.44.